The fourth-order valence-electron chi connectivity index (χ4n) is 7.10. The third kappa shape index (κ3) is 11.7. The molecule has 306 valence electrons. The molecule has 2 aliphatic heterocycles. The molecular weight excluding hydrogens is 741 g/mol. The zero-order chi connectivity index (χ0) is 39.9. The van der Waals surface area contributed by atoms with Gasteiger partial charge in [0.1, 0.15) is 48.8 Å². The minimum atomic E-state index is -1.46. The first-order valence-electron chi connectivity index (χ1n) is 19.7. The summed E-state index contributed by atoms with van der Waals surface area (Å²) in [6.07, 6.45) is -10.8. The first-order chi connectivity index (χ1) is 28.5. The van der Waals surface area contributed by atoms with Crippen molar-refractivity contribution in [3.05, 3.63) is 179 Å². The topological polar surface area (TPSA) is 135 Å². The van der Waals surface area contributed by atoms with E-state index in [1.54, 1.807) is 0 Å². The Hall–Kier alpha value is -4.34. The standard InChI is InChI=1S/C47H52O11/c48-40-38(57-46(50)45(55-30-37-24-14-5-15-25-37)43(40)53-28-35-20-10-3-11-21-35)32-56-47-41(49)44(54-29-36-22-12-4-13-23-36)42(52-27-34-18-8-2-9-19-34)39(58-47)31-51-26-33-16-6-1-7-17-33/h1-25,38-50H,26-32H2/t38-,39-,40-,41+,42-,43+,44-,45-,46+,47-/m1/s1. The molecule has 0 bridgehead atoms. The molecule has 0 saturated carbocycles. The number of rotatable bonds is 19. The molecule has 2 aliphatic rings. The van der Waals surface area contributed by atoms with Crippen LogP contribution in [-0.2, 0) is 70.9 Å². The van der Waals surface area contributed by atoms with Gasteiger partial charge in [-0.2, -0.15) is 0 Å². The zero-order valence-corrected chi connectivity index (χ0v) is 32.3. The van der Waals surface area contributed by atoms with E-state index < -0.39 is 61.4 Å². The molecule has 2 fully saturated rings. The van der Waals surface area contributed by atoms with Crippen molar-refractivity contribution < 1.29 is 53.2 Å². The van der Waals surface area contributed by atoms with Gasteiger partial charge in [-0.3, -0.25) is 0 Å². The predicted molar refractivity (Wildman–Crippen MR) is 214 cm³/mol. The summed E-state index contributed by atoms with van der Waals surface area (Å²) in [5, 5.41) is 35.0. The molecule has 3 N–H and O–H groups in total. The average molecular weight is 793 g/mol. The van der Waals surface area contributed by atoms with E-state index in [1.807, 2.05) is 152 Å². The Morgan fingerprint density at radius 1 is 0.362 bits per heavy atom. The van der Waals surface area contributed by atoms with Crippen molar-refractivity contribution >= 4 is 0 Å². The lowest BCUT2D eigenvalue weighted by Gasteiger charge is -2.45. The minimum Gasteiger partial charge on any atom is -0.387 e. The molecule has 0 radical (unpaired) electrons. The van der Waals surface area contributed by atoms with Gasteiger partial charge < -0.3 is 53.2 Å². The van der Waals surface area contributed by atoms with Crippen LogP contribution in [0.4, 0.5) is 0 Å². The van der Waals surface area contributed by atoms with E-state index in [0.717, 1.165) is 27.8 Å². The van der Waals surface area contributed by atoms with Crippen molar-refractivity contribution in [1.29, 1.82) is 0 Å². The molecule has 2 heterocycles. The summed E-state index contributed by atoms with van der Waals surface area (Å²) < 4.78 is 50.2. The van der Waals surface area contributed by atoms with E-state index in [-0.39, 0.29) is 39.6 Å². The first kappa shape index (κ1) is 41.8. The molecule has 2 saturated heterocycles. The van der Waals surface area contributed by atoms with E-state index >= 15 is 0 Å². The van der Waals surface area contributed by atoms with E-state index in [1.165, 1.54) is 0 Å². The van der Waals surface area contributed by atoms with Gasteiger partial charge in [-0.25, -0.2) is 0 Å². The quantitative estimate of drug-likeness (QED) is 0.0948. The summed E-state index contributed by atoms with van der Waals surface area (Å²) in [7, 11) is 0. The van der Waals surface area contributed by atoms with Crippen LogP contribution in [-0.4, -0.2) is 89.9 Å². The number of benzene rings is 5. The largest absolute Gasteiger partial charge is 0.387 e. The lowest BCUT2D eigenvalue weighted by Crippen LogP contribution is -2.63. The van der Waals surface area contributed by atoms with Crippen LogP contribution in [0.1, 0.15) is 27.8 Å². The fourth-order valence-corrected chi connectivity index (χ4v) is 7.10. The van der Waals surface area contributed by atoms with E-state index in [2.05, 4.69) is 0 Å². The van der Waals surface area contributed by atoms with Crippen LogP contribution in [0.15, 0.2) is 152 Å². The van der Waals surface area contributed by atoms with Crippen molar-refractivity contribution in [3.8, 4) is 0 Å². The van der Waals surface area contributed by atoms with Gasteiger partial charge in [0.25, 0.3) is 0 Å². The molecule has 0 amide bonds. The summed E-state index contributed by atoms with van der Waals surface area (Å²) in [6.45, 7) is 0.920. The third-order valence-electron chi connectivity index (χ3n) is 10.2. The lowest BCUT2D eigenvalue weighted by molar-refractivity contribution is -0.341. The molecule has 0 unspecified atom stereocenters. The number of hydrogen-bond acceptors (Lipinski definition) is 11. The molecule has 0 spiro atoms. The minimum absolute atomic E-state index is 0.100. The van der Waals surface area contributed by atoms with Gasteiger partial charge in [-0.05, 0) is 27.8 Å². The summed E-state index contributed by atoms with van der Waals surface area (Å²) >= 11 is 0. The van der Waals surface area contributed by atoms with Gasteiger partial charge in [0.05, 0.1) is 46.2 Å². The highest BCUT2D eigenvalue weighted by Gasteiger charge is 2.50. The highest BCUT2D eigenvalue weighted by atomic mass is 16.7. The maximum absolute atomic E-state index is 11.9. The van der Waals surface area contributed by atoms with E-state index in [4.69, 9.17) is 37.9 Å². The van der Waals surface area contributed by atoms with E-state index in [0.29, 0.717) is 6.61 Å². The molecule has 5 aromatic carbocycles. The second kappa shape index (κ2) is 21.6. The van der Waals surface area contributed by atoms with Crippen molar-refractivity contribution in [2.24, 2.45) is 0 Å². The van der Waals surface area contributed by atoms with Gasteiger partial charge in [-0.15, -0.1) is 0 Å². The lowest BCUT2D eigenvalue weighted by atomic mass is 9.97. The van der Waals surface area contributed by atoms with Crippen LogP contribution in [0.2, 0.25) is 0 Å². The van der Waals surface area contributed by atoms with Crippen LogP contribution in [0.25, 0.3) is 0 Å². The molecule has 58 heavy (non-hydrogen) atoms. The molecule has 0 aromatic heterocycles. The molecule has 0 aliphatic carbocycles. The first-order valence-corrected chi connectivity index (χ1v) is 19.7. The predicted octanol–water partition coefficient (Wildman–Crippen LogP) is 5.73. The fraction of sp³-hybridized carbons (Fsp3) is 0.362. The number of aliphatic hydroxyl groups is 3. The summed E-state index contributed by atoms with van der Waals surface area (Å²) in [6, 6.07) is 48.3. The Morgan fingerprint density at radius 3 is 1.19 bits per heavy atom. The smallest absolute Gasteiger partial charge is 0.186 e. The van der Waals surface area contributed by atoms with Crippen LogP contribution in [0.3, 0.4) is 0 Å². The van der Waals surface area contributed by atoms with Crippen molar-refractivity contribution in [2.75, 3.05) is 13.2 Å². The summed E-state index contributed by atoms with van der Waals surface area (Å²) in [5.74, 6) is 0. The summed E-state index contributed by atoms with van der Waals surface area (Å²) in [5.41, 5.74) is 4.61. The number of hydrogen-bond donors (Lipinski definition) is 3. The zero-order valence-electron chi connectivity index (χ0n) is 32.3. The Kier molecular flexibility index (Phi) is 15.6. The Bertz CT molecular complexity index is 1870. The Balaban J connectivity index is 1.08. The monoisotopic (exact) mass is 792 g/mol. The molecule has 11 heteroatoms. The van der Waals surface area contributed by atoms with Crippen molar-refractivity contribution in [1.82, 2.24) is 0 Å². The third-order valence-corrected chi connectivity index (χ3v) is 10.2. The van der Waals surface area contributed by atoms with Gasteiger partial charge >= 0.3 is 0 Å². The number of ether oxygens (including phenoxy) is 8. The maximum atomic E-state index is 11.9. The van der Waals surface area contributed by atoms with E-state index in [9.17, 15) is 15.3 Å². The highest BCUT2D eigenvalue weighted by molar-refractivity contribution is 5.17. The normalized spacial score (nSPS) is 27.3. The molecule has 11 nitrogen and oxygen atoms in total. The molecule has 5 aromatic rings. The summed E-state index contributed by atoms with van der Waals surface area (Å²) in [4.78, 5) is 0. The molecular formula is C47H52O11. The van der Waals surface area contributed by atoms with Gasteiger partial charge in [0.2, 0.25) is 0 Å². The van der Waals surface area contributed by atoms with Crippen LogP contribution >= 0.6 is 0 Å². The molecule has 10 atom stereocenters. The van der Waals surface area contributed by atoms with Crippen molar-refractivity contribution in [3.63, 3.8) is 0 Å². The average Bonchev–Trinajstić information content (AvgIpc) is 3.27. The van der Waals surface area contributed by atoms with Crippen LogP contribution < -0.4 is 0 Å². The Morgan fingerprint density at radius 2 is 0.741 bits per heavy atom. The second-order valence-corrected chi connectivity index (χ2v) is 14.5. The Labute approximate surface area is 339 Å². The van der Waals surface area contributed by atoms with Crippen LogP contribution in [0, 0.1) is 0 Å². The van der Waals surface area contributed by atoms with Crippen molar-refractivity contribution in [2.45, 2.75) is 94.4 Å². The van der Waals surface area contributed by atoms with Gasteiger partial charge in [0.15, 0.2) is 12.6 Å². The SMILES string of the molecule is O[C@@H]1[C@H](OC[C@H]2O[C@H](O)[C@H](OCc3ccccc3)[C@@H](OCc3ccccc3)[C@@H]2O)O[C@H](COCc2ccccc2)[C@@H](OCc2ccccc2)[C@@H]1OCc1ccccc1. The van der Waals surface area contributed by atoms with Gasteiger partial charge in [0, 0.05) is 0 Å². The highest BCUT2D eigenvalue weighted by Crippen LogP contribution is 2.31. The molecule has 7 rings (SSSR count). The number of aliphatic hydroxyl groups excluding tert-OH is 3. The second-order valence-electron chi connectivity index (χ2n) is 14.5. The maximum Gasteiger partial charge on any atom is 0.186 e. The van der Waals surface area contributed by atoms with Crippen LogP contribution in [0.5, 0.6) is 0 Å². The van der Waals surface area contributed by atoms with Gasteiger partial charge in [-0.1, -0.05) is 152 Å².